The van der Waals surface area contributed by atoms with Gasteiger partial charge in [0, 0.05) is 11.6 Å². The highest BCUT2D eigenvalue weighted by Gasteiger charge is 2.51. The molecule has 0 radical (unpaired) electrons. The molecule has 2 aliphatic heterocycles. The summed E-state index contributed by atoms with van der Waals surface area (Å²) in [4.78, 5) is 10.5. The molecule has 0 saturated carbocycles. The van der Waals surface area contributed by atoms with Gasteiger partial charge in [0.1, 0.15) is 11.4 Å². The molecule has 3 rings (SSSR count). The molecule has 0 amide bonds. The summed E-state index contributed by atoms with van der Waals surface area (Å²) >= 11 is 0. The maximum Gasteiger partial charge on any atom is 0.286 e. The number of nitro groups is 1. The number of benzene rings is 1. The van der Waals surface area contributed by atoms with Crippen molar-refractivity contribution in [3.8, 4) is 0 Å². The van der Waals surface area contributed by atoms with Crippen molar-refractivity contribution in [2.75, 3.05) is 13.2 Å². The second kappa shape index (κ2) is 3.25. The minimum absolute atomic E-state index is 0.0746. The Morgan fingerprint density at radius 3 is 2.76 bits per heavy atom. The number of hydrogen-bond donors (Lipinski definition) is 2. The Bertz CT molecular complexity index is 522. The van der Waals surface area contributed by atoms with E-state index in [1.165, 1.54) is 6.07 Å². The van der Waals surface area contributed by atoms with Crippen LogP contribution in [-0.4, -0.2) is 24.0 Å². The summed E-state index contributed by atoms with van der Waals surface area (Å²) in [6.07, 6.45) is 0. The first kappa shape index (κ1) is 10.2. The van der Waals surface area contributed by atoms with Gasteiger partial charge in [-0.05, 0) is 0 Å². The van der Waals surface area contributed by atoms with Crippen molar-refractivity contribution in [2.45, 2.75) is 5.91 Å². The number of rotatable bonds is 1. The average Bonchev–Trinajstić information content (AvgIpc) is 2.87. The fraction of sp³-hybridized carbons (Fsp3) is 0.300. The van der Waals surface area contributed by atoms with Crippen molar-refractivity contribution in [1.82, 2.24) is 5.32 Å². The van der Waals surface area contributed by atoms with E-state index < -0.39 is 10.8 Å². The molecule has 17 heavy (non-hydrogen) atoms. The van der Waals surface area contributed by atoms with Crippen LogP contribution < -0.4 is 5.32 Å². The predicted molar refractivity (Wildman–Crippen MR) is 56.6 cm³/mol. The second-order valence-electron chi connectivity index (χ2n) is 3.77. The lowest BCUT2D eigenvalue weighted by atomic mass is 10.1. The van der Waals surface area contributed by atoms with Crippen LogP contribution in [0.1, 0.15) is 11.1 Å². The molecule has 0 aromatic heterocycles. The van der Waals surface area contributed by atoms with Gasteiger partial charge in [0.05, 0.1) is 18.1 Å². The molecular weight excluding hydrogens is 226 g/mol. The molecule has 2 N–H and O–H groups in total. The van der Waals surface area contributed by atoms with Gasteiger partial charge in [-0.1, -0.05) is 12.1 Å². The van der Waals surface area contributed by atoms with Crippen LogP contribution in [0.25, 0.3) is 0 Å². The first-order valence-corrected chi connectivity index (χ1v) is 5.07. The predicted octanol–water partition coefficient (Wildman–Crippen LogP) is 0.680. The highest BCUT2D eigenvalue weighted by Crippen LogP contribution is 2.41. The quantitative estimate of drug-likeness (QED) is 0.551. The summed E-state index contributed by atoms with van der Waals surface area (Å²) in [5.74, 6) is -1.28. The van der Waals surface area contributed by atoms with Crippen LogP contribution >= 0.6 is 0 Å². The van der Waals surface area contributed by atoms with Crippen LogP contribution in [0.4, 0.5) is 5.69 Å². The molecule has 1 aromatic rings. The molecule has 1 fully saturated rings. The minimum atomic E-state index is -1.35. The largest absolute Gasteiger partial charge is 0.326 e. The molecule has 88 valence electrons. The zero-order chi connectivity index (χ0) is 12.0. The van der Waals surface area contributed by atoms with E-state index in [0.717, 1.165) is 0 Å². The number of nitrogens with zero attached hydrogens (tertiary/aromatic N) is 1. The van der Waals surface area contributed by atoms with Crippen molar-refractivity contribution in [1.29, 1.82) is 5.41 Å². The monoisotopic (exact) mass is 235 g/mol. The summed E-state index contributed by atoms with van der Waals surface area (Å²) in [7, 11) is 0. The van der Waals surface area contributed by atoms with Crippen molar-refractivity contribution >= 4 is 11.5 Å². The lowest BCUT2D eigenvalue weighted by molar-refractivity contribution is -0.388. The average molecular weight is 235 g/mol. The van der Waals surface area contributed by atoms with E-state index in [2.05, 4.69) is 5.32 Å². The zero-order valence-electron chi connectivity index (χ0n) is 8.73. The number of fused-ring (bicyclic) bond motifs is 2. The molecule has 0 bridgehead atoms. The van der Waals surface area contributed by atoms with E-state index in [-0.39, 0.29) is 17.1 Å². The Morgan fingerprint density at radius 1 is 1.41 bits per heavy atom. The third-order valence-corrected chi connectivity index (χ3v) is 2.82. The third-order valence-electron chi connectivity index (χ3n) is 2.82. The maximum absolute atomic E-state index is 11.0. The number of nitro benzene ring substituents is 1. The fourth-order valence-corrected chi connectivity index (χ4v) is 2.17. The summed E-state index contributed by atoms with van der Waals surface area (Å²) in [5, 5.41) is 21.5. The van der Waals surface area contributed by atoms with E-state index in [1.807, 2.05) is 0 Å². The molecule has 2 heterocycles. The second-order valence-corrected chi connectivity index (χ2v) is 3.77. The first-order valence-electron chi connectivity index (χ1n) is 5.07. The molecule has 1 aromatic carbocycles. The number of hydrogen-bond acceptors (Lipinski definition) is 5. The topological polar surface area (TPSA) is 97.5 Å². The molecule has 2 aliphatic rings. The Kier molecular flexibility index (Phi) is 1.95. The molecule has 0 aliphatic carbocycles. The fourth-order valence-electron chi connectivity index (χ4n) is 2.17. The van der Waals surface area contributed by atoms with Crippen LogP contribution in [0.15, 0.2) is 18.2 Å². The van der Waals surface area contributed by atoms with Gasteiger partial charge in [-0.25, -0.2) is 0 Å². The van der Waals surface area contributed by atoms with Crippen molar-refractivity contribution in [3.05, 3.63) is 39.4 Å². The Balaban J connectivity index is 2.26. The van der Waals surface area contributed by atoms with Crippen LogP contribution in [0.5, 0.6) is 0 Å². The van der Waals surface area contributed by atoms with Gasteiger partial charge in [-0.2, -0.15) is 0 Å². The van der Waals surface area contributed by atoms with Gasteiger partial charge >= 0.3 is 0 Å². The molecule has 0 atom stereocenters. The molecule has 1 spiro atoms. The molecule has 7 heteroatoms. The highest BCUT2D eigenvalue weighted by atomic mass is 16.8. The van der Waals surface area contributed by atoms with Gasteiger partial charge in [-0.3, -0.25) is 15.5 Å². The standard InChI is InChI=1S/C10H9N3O4/c11-9-6-2-1-3-7(13(14)15)8(6)10(12-9)16-4-5-17-10/h1-3H,4-5H2,(H2,11,12). The van der Waals surface area contributed by atoms with Gasteiger partial charge in [0.25, 0.3) is 11.6 Å². The Morgan fingerprint density at radius 2 is 2.12 bits per heavy atom. The van der Waals surface area contributed by atoms with Gasteiger partial charge in [0.2, 0.25) is 0 Å². The summed E-state index contributed by atoms with van der Waals surface area (Å²) in [6, 6.07) is 4.56. The van der Waals surface area contributed by atoms with Crippen LogP contribution in [0.3, 0.4) is 0 Å². The number of nitrogens with one attached hydrogen (secondary N) is 2. The number of amidine groups is 1. The Labute approximate surface area is 96.0 Å². The molecular formula is C10H9N3O4. The molecule has 7 nitrogen and oxygen atoms in total. The van der Waals surface area contributed by atoms with E-state index >= 15 is 0 Å². The van der Waals surface area contributed by atoms with Crippen LogP contribution in [0.2, 0.25) is 0 Å². The van der Waals surface area contributed by atoms with E-state index in [9.17, 15) is 10.1 Å². The highest BCUT2D eigenvalue weighted by molar-refractivity contribution is 6.02. The van der Waals surface area contributed by atoms with E-state index in [0.29, 0.717) is 18.8 Å². The number of ether oxygens (including phenoxy) is 2. The van der Waals surface area contributed by atoms with Crippen molar-refractivity contribution < 1.29 is 14.4 Å². The SMILES string of the molecule is N=C1NC2(OCCO2)c2c1cccc2[N+](=O)[O-]. The van der Waals surface area contributed by atoms with Crippen LogP contribution in [-0.2, 0) is 15.4 Å². The van der Waals surface area contributed by atoms with Gasteiger partial charge in [0.15, 0.2) is 0 Å². The van der Waals surface area contributed by atoms with Crippen molar-refractivity contribution in [3.63, 3.8) is 0 Å². The van der Waals surface area contributed by atoms with Crippen molar-refractivity contribution in [2.24, 2.45) is 0 Å². The van der Waals surface area contributed by atoms with E-state index in [1.54, 1.807) is 12.1 Å². The normalized spacial score (nSPS) is 20.4. The zero-order valence-corrected chi connectivity index (χ0v) is 8.73. The van der Waals surface area contributed by atoms with Gasteiger partial charge < -0.3 is 14.8 Å². The van der Waals surface area contributed by atoms with E-state index in [4.69, 9.17) is 14.9 Å². The summed E-state index contributed by atoms with van der Waals surface area (Å²) < 4.78 is 10.8. The molecule has 1 saturated heterocycles. The maximum atomic E-state index is 11.0. The van der Waals surface area contributed by atoms with Crippen LogP contribution in [0, 0.1) is 15.5 Å². The minimum Gasteiger partial charge on any atom is -0.326 e. The first-order chi connectivity index (χ1) is 8.14. The molecule has 0 unspecified atom stereocenters. The Hall–Kier alpha value is -1.99. The third kappa shape index (κ3) is 1.26. The lowest BCUT2D eigenvalue weighted by Gasteiger charge is -2.22. The summed E-state index contributed by atoms with van der Waals surface area (Å²) in [6.45, 7) is 0.678. The van der Waals surface area contributed by atoms with Gasteiger partial charge in [-0.15, -0.1) is 0 Å². The smallest absolute Gasteiger partial charge is 0.286 e. The summed E-state index contributed by atoms with van der Waals surface area (Å²) in [5.41, 5.74) is 0.632. The lowest BCUT2D eigenvalue weighted by Crippen LogP contribution is -2.40.